The van der Waals surface area contributed by atoms with E-state index in [-0.39, 0.29) is 18.6 Å². The Kier molecular flexibility index (Phi) is 8.11. The molecule has 3 heterocycles. The summed E-state index contributed by atoms with van der Waals surface area (Å²) < 4.78 is 13.6. The Bertz CT molecular complexity index is 1250. The van der Waals surface area contributed by atoms with Crippen LogP contribution in [0.15, 0.2) is 24.4 Å². The molecule has 0 unspecified atom stereocenters. The number of carbonyl (C=O) groups is 2. The first kappa shape index (κ1) is 27.3. The van der Waals surface area contributed by atoms with E-state index in [1.165, 1.54) is 11.3 Å². The monoisotopic (exact) mass is 530 g/mol. The lowest BCUT2D eigenvalue weighted by atomic mass is 10.0. The van der Waals surface area contributed by atoms with Gasteiger partial charge in [-0.3, -0.25) is 9.20 Å². The van der Waals surface area contributed by atoms with Crippen molar-refractivity contribution in [3.63, 3.8) is 0 Å². The summed E-state index contributed by atoms with van der Waals surface area (Å²) in [4.78, 5) is 35.5. The zero-order valence-corrected chi connectivity index (χ0v) is 23.3. The first-order chi connectivity index (χ1) is 17.5. The van der Waals surface area contributed by atoms with Crippen molar-refractivity contribution in [2.24, 2.45) is 0 Å². The van der Waals surface area contributed by atoms with Gasteiger partial charge in [-0.25, -0.2) is 9.78 Å². The molecule has 1 atom stereocenters. The van der Waals surface area contributed by atoms with Crippen LogP contribution in [0.3, 0.4) is 0 Å². The van der Waals surface area contributed by atoms with Crippen LogP contribution in [-0.2, 0) is 16.0 Å². The van der Waals surface area contributed by atoms with Crippen LogP contribution in [0.25, 0.3) is 16.0 Å². The second kappa shape index (κ2) is 11.0. The standard InChI is InChI=1S/C27H38N4O5S/c1-26(2,3)36-25(34)30(18-27(4)11-8-14-35-27)16-19-9-10-20-21(15-19)31-17-22(37-24(31)28-20)23(33)29(5)12-6-7-13-32/h9-10,15,17,32H,6-8,11-14,16,18H2,1-5H3/t27-/m0/s1. The molecule has 1 aromatic carbocycles. The minimum Gasteiger partial charge on any atom is -0.444 e. The van der Waals surface area contributed by atoms with Crippen LogP contribution >= 0.6 is 11.3 Å². The topological polar surface area (TPSA) is 96.6 Å². The van der Waals surface area contributed by atoms with Crippen LogP contribution < -0.4 is 0 Å². The van der Waals surface area contributed by atoms with Crippen molar-refractivity contribution >= 4 is 39.3 Å². The highest BCUT2D eigenvalue weighted by Crippen LogP contribution is 2.29. The summed E-state index contributed by atoms with van der Waals surface area (Å²) >= 11 is 1.36. The summed E-state index contributed by atoms with van der Waals surface area (Å²) in [5.41, 5.74) is 1.68. The number of rotatable bonds is 9. The molecular weight excluding hydrogens is 492 g/mol. The molecule has 0 bridgehead atoms. The highest BCUT2D eigenvalue weighted by atomic mass is 32.1. The molecule has 10 heteroatoms. The molecule has 3 aromatic rings. The zero-order chi connectivity index (χ0) is 26.8. The lowest BCUT2D eigenvalue weighted by molar-refractivity contribution is -0.0260. The van der Waals surface area contributed by atoms with Gasteiger partial charge in [-0.1, -0.05) is 17.4 Å². The summed E-state index contributed by atoms with van der Waals surface area (Å²) in [7, 11) is 1.78. The molecule has 0 saturated carbocycles. The molecule has 2 amide bonds. The number of thiazole rings is 1. The summed E-state index contributed by atoms with van der Waals surface area (Å²) in [5, 5.41) is 9.00. The van der Waals surface area contributed by atoms with Gasteiger partial charge in [-0.2, -0.15) is 0 Å². The van der Waals surface area contributed by atoms with Crippen LogP contribution in [0.1, 0.15) is 68.6 Å². The molecule has 202 valence electrons. The number of unbranched alkanes of at least 4 members (excludes halogenated alkanes) is 1. The molecule has 37 heavy (non-hydrogen) atoms. The van der Waals surface area contributed by atoms with Gasteiger partial charge in [-0.05, 0) is 71.1 Å². The van der Waals surface area contributed by atoms with Gasteiger partial charge < -0.3 is 24.4 Å². The van der Waals surface area contributed by atoms with Gasteiger partial charge in [0.2, 0.25) is 0 Å². The summed E-state index contributed by atoms with van der Waals surface area (Å²) in [5.74, 6) is -0.0568. The Morgan fingerprint density at radius 2 is 2.08 bits per heavy atom. The van der Waals surface area contributed by atoms with Gasteiger partial charge in [0.25, 0.3) is 5.91 Å². The average Bonchev–Trinajstić information content (AvgIpc) is 3.52. The summed E-state index contributed by atoms with van der Waals surface area (Å²) in [6, 6.07) is 5.96. The predicted molar refractivity (Wildman–Crippen MR) is 144 cm³/mol. The van der Waals surface area contributed by atoms with Gasteiger partial charge >= 0.3 is 6.09 Å². The van der Waals surface area contributed by atoms with E-state index in [2.05, 4.69) is 0 Å². The van der Waals surface area contributed by atoms with Gasteiger partial charge in [0, 0.05) is 39.5 Å². The fraction of sp³-hybridized carbons (Fsp3) is 0.593. The molecule has 0 radical (unpaired) electrons. The number of aliphatic hydroxyl groups excluding tert-OH is 1. The number of benzene rings is 1. The second-order valence-corrected chi connectivity index (χ2v) is 12.1. The van der Waals surface area contributed by atoms with Crippen molar-refractivity contribution in [1.29, 1.82) is 0 Å². The minimum atomic E-state index is -0.598. The normalized spacial score (nSPS) is 18.0. The third-order valence-electron chi connectivity index (χ3n) is 6.48. The van der Waals surface area contributed by atoms with E-state index in [1.54, 1.807) is 16.8 Å². The Hall–Kier alpha value is -2.69. The number of hydrogen-bond donors (Lipinski definition) is 1. The van der Waals surface area contributed by atoms with Crippen molar-refractivity contribution in [2.45, 2.75) is 71.1 Å². The first-order valence-electron chi connectivity index (χ1n) is 12.9. The van der Waals surface area contributed by atoms with Crippen LogP contribution in [0, 0.1) is 0 Å². The van der Waals surface area contributed by atoms with E-state index in [9.17, 15) is 9.59 Å². The molecule has 1 fully saturated rings. The molecule has 1 saturated heterocycles. The minimum absolute atomic E-state index is 0.0568. The number of fused-ring (bicyclic) bond motifs is 3. The Balaban J connectivity index is 1.58. The number of imidazole rings is 1. The largest absolute Gasteiger partial charge is 0.444 e. The Morgan fingerprint density at radius 3 is 2.76 bits per heavy atom. The summed E-state index contributed by atoms with van der Waals surface area (Å²) in [6.45, 7) is 9.89. The van der Waals surface area contributed by atoms with Crippen molar-refractivity contribution in [2.75, 3.05) is 33.4 Å². The highest BCUT2D eigenvalue weighted by Gasteiger charge is 2.35. The first-order valence-corrected chi connectivity index (χ1v) is 13.7. The maximum Gasteiger partial charge on any atom is 0.410 e. The fourth-order valence-corrected chi connectivity index (χ4v) is 5.59. The Labute approximate surface area is 222 Å². The van der Waals surface area contributed by atoms with Crippen LogP contribution in [0.2, 0.25) is 0 Å². The number of aromatic nitrogens is 2. The number of carbonyl (C=O) groups excluding carboxylic acids is 2. The van der Waals surface area contributed by atoms with E-state index in [0.717, 1.165) is 40.8 Å². The average molecular weight is 531 g/mol. The number of hydrogen-bond acceptors (Lipinski definition) is 7. The molecule has 1 N–H and O–H groups in total. The maximum absolute atomic E-state index is 13.1. The molecule has 1 aliphatic heterocycles. The van der Waals surface area contributed by atoms with E-state index in [0.29, 0.717) is 37.5 Å². The molecule has 0 aliphatic carbocycles. The zero-order valence-electron chi connectivity index (χ0n) is 22.5. The molecule has 4 rings (SSSR count). The van der Waals surface area contributed by atoms with E-state index >= 15 is 0 Å². The number of amides is 2. The van der Waals surface area contributed by atoms with Gasteiger partial charge in [-0.15, -0.1) is 0 Å². The maximum atomic E-state index is 13.1. The van der Waals surface area contributed by atoms with Crippen molar-refractivity contribution < 1.29 is 24.2 Å². The quantitative estimate of drug-likeness (QED) is 0.403. The van der Waals surface area contributed by atoms with Crippen LogP contribution in [0.4, 0.5) is 4.79 Å². The van der Waals surface area contributed by atoms with E-state index in [1.807, 2.05) is 56.5 Å². The number of nitrogens with zero attached hydrogens (tertiary/aromatic N) is 4. The van der Waals surface area contributed by atoms with E-state index < -0.39 is 11.2 Å². The van der Waals surface area contributed by atoms with Crippen LogP contribution in [0.5, 0.6) is 0 Å². The predicted octanol–water partition coefficient (Wildman–Crippen LogP) is 4.70. The fourth-order valence-electron chi connectivity index (χ4n) is 4.60. The molecule has 2 aromatic heterocycles. The van der Waals surface area contributed by atoms with Gasteiger partial charge in [0.05, 0.1) is 23.2 Å². The molecule has 9 nitrogen and oxygen atoms in total. The van der Waals surface area contributed by atoms with Crippen molar-refractivity contribution in [3.05, 3.63) is 34.8 Å². The highest BCUT2D eigenvalue weighted by molar-refractivity contribution is 7.18. The number of aliphatic hydroxyl groups is 1. The molecular formula is C27H38N4O5S. The lowest BCUT2D eigenvalue weighted by Crippen LogP contribution is -2.45. The second-order valence-electron chi connectivity index (χ2n) is 11.1. The van der Waals surface area contributed by atoms with Crippen molar-refractivity contribution in [3.8, 4) is 0 Å². The number of ether oxygens (including phenoxy) is 2. The smallest absolute Gasteiger partial charge is 0.410 e. The molecule has 1 aliphatic rings. The molecule has 0 spiro atoms. The third-order valence-corrected chi connectivity index (χ3v) is 7.45. The Morgan fingerprint density at radius 1 is 1.30 bits per heavy atom. The van der Waals surface area contributed by atoms with Crippen molar-refractivity contribution in [1.82, 2.24) is 19.2 Å². The lowest BCUT2D eigenvalue weighted by Gasteiger charge is -2.33. The summed E-state index contributed by atoms with van der Waals surface area (Å²) in [6.07, 6.45) is 4.78. The van der Waals surface area contributed by atoms with Gasteiger partial charge in [0.15, 0.2) is 4.96 Å². The van der Waals surface area contributed by atoms with Gasteiger partial charge in [0.1, 0.15) is 10.5 Å². The third kappa shape index (κ3) is 6.61. The van der Waals surface area contributed by atoms with E-state index in [4.69, 9.17) is 19.6 Å². The SMILES string of the molecule is CN(CCCCO)C(=O)c1cn2c(nc3ccc(CN(C[C@]4(C)CCCO4)C(=O)OC(C)(C)C)cc32)s1. The van der Waals surface area contributed by atoms with Crippen LogP contribution in [-0.4, -0.2) is 80.8 Å².